The van der Waals surface area contributed by atoms with Gasteiger partial charge in [0.05, 0.1) is 32.7 Å². The van der Waals surface area contributed by atoms with Gasteiger partial charge in [-0.2, -0.15) is 0 Å². The number of rotatable bonds is 7. The summed E-state index contributed by atoms with van der Waals surface area (Å²) in [5.41, 5.74) is -0.359. The van der Waals surface area contributed by atoms with E-state index in [4.69, 9.17) is 14.2 Å². The highest BCUT2D eigenvalue weighted by Crippen LogP contribution is 2.13. The smallest absolute Gasteiger partial charge is 0.330 e. The van der Waals surface area contributed by atoms with Gasteiger partial charge in [0.2, 0.25) is 0 Å². The summed E-state index contributed by atoms with van der Waals surface area (Å²) in [6.07, 6.45) is 4.34. The van der Waals surface area contributed by atoms with Gasteiger partial charge >= 0.3 is 5.69 Å². The molecule has 2 aromatic heterocycles. The van der Waals surface area contributed by atoms with E-state index in [-0.39, 0.29) is 30.6 Å². The molecule has 2 N–H and O–H groups in total. The van der Waals surface area contributed by atoms with Crippen molar-refractivity contribution in [3.05, 3.63) is 27.2 Å². The minimum Gasteiger partial charge on any atom is -0.377 e. The van der Waals surface area contributed by atoms with E-state index in [0.717, 1.165) is 30.4 Å². The van der Waals surface area contributed by atoms with E-state index < -0.39 is 11.2 Å². The summed E-state index contributed by atoms with van der Waals surface area (Å²) >= 11 is 0. The fourth-order valence-electron chi connectivity index (χ4n) is 2.49. The fourth-order valence-corrected chi connectivity index (χ4v) is 2.49. The van der Waals surface area contributed by atoms with Crippen LogP contribution in [-0.4, -0.2) is 52.2 Å². The number of imidazole rings is 1. The lowest BCUT2D eigenvalue weighted by Gasteiger charge is -2.22. The Balaban J connectivity index is 1.44. The Morgan fingerprint density at radius 1 is 1.30 bits per heavy atom. The minimum absolute atomic E-state index is 0.138. The zero-order valence-electron chi connectivity index (χ0n) is 12.7. The zero-order chi connectivity index (χ0) is 16.1. The van der Waals surface area contributed by atoms with Crippen molar-refractivity contribution in [1.82, 2.24) is 19.5 Å². The minimum atomic E-state index is -0.495. The molecular weight excluding hydrogens is 304 g/mol. The van der Waals surface area contributed by atoms with Gasteiger partial charge in [-0.3, -0.25) is 14.3 Å². The van der Waals surface area contributed by atoms with Gasteiger partial charge in [-0.1, -0.05) is 0 Å². The van der Waals surface area contributed by atoms with E-state index in [1.165, 1.54) is 6.33 Å². The van der Waals surface area contributed by atoms with Gasteiger partial charge < -0.3 is 19.2 Å². The highest BCUT2D eigenvalue weighted by Gasteiger charge is 2.13. The van der Waals surface area contributed by atoms with Crippen LogP contribution >= 0.6 is 0 Å². The van der Waals surface area contributed by atoms with Crippen LogP contribution < -0.4 is 11.2 Å². The molecule has 3 heterocycles. The van der Waals surface area contributed by atoms with Crippen LogP contribution in [0.3, 0.4) is 0 Å². The number of nitrogens with zero attached hydrogens (tertiary/aromatic N) is 2. The predicted molar refractivity (Wildman–Crippen MR) is 81.3 cm³/mol. The Bertz CT molecular complexity index is 743. The number of aromatic amines is 2. The molecule has 1 unspecified atom stereocenters. The summed E-state index contributed by atoms with van der Waals surface area (Å²) in [5, 5.41) is 0. The second-order valence-electron chi connectivity index (χ2n) is 5.29. The second-order valence-corrected chi connectivity index (χ2v) is 5.29. The molecule has 9 nitrogen and oxygen atoms in total. The van der Waals surface area contributed by atoms with Gasteiger partial charge in [0, 0.05) is 6.61 Å². The Labute approximate surface area is 131 Å². The van der Waals surface area contributed by atoms with Crippen molar-refractivity contribution in [2.75, 3.05) is 26.4 Å². The third-order valence-electron chi connectivity index (χ3n) is 3.70. The van der Waals surface area contributed by atoms with Gasteiger partial charge in [0.15, 0.2) is 11.9 Å². The molecule has 0 bridgehead atoms. The van der Waals surface area contributed by atoms with E-state index in [1.54, 1.807) is 0 Å². The van der Waals surface area contributed by atoms with Crippen LogP contribution in [0, 0.1) is 0 Å². The molecule has 0 saturated carbocycles. The molecule has 1 aliphatic heterocycles. The summed E-state index contributed by atoms with van der Waals surface area (Å²) in [4.78, 5) is 33.1. The van der Waals surface area contributed by atoms with Gasteiger partial charge in [-0.15, -0.1) is 0 Å². The number of hydrogen-bond acceptors (Lipinski definition) is 6. The molecule has 23 heavy (non-hydrogen) atoms. The lowest BCUT2D eigenvalue weighted by atomic mass is 10.2. The topological polar surface area (TPSA) is 111 Å². The molecule has 126 valence electrons. The van der Waals surface area contributed by atoms with Gasteiger partial charge in [0.25, 0.3) is 5.56 Å². The molecule has 1 saturated heterocycles. The number of nitrogens with one attached hydrogen (secondary N) is 2. The monoisotopic (exact) mass is 324 g/mol. The first kappa shape index (κ1) is 15.9. The fraction of sp³-hybridized carbons (Fsp3) is 0.643. The molecule has 0 aliphatic carbocycles. The van der Waals surface area contributed by atoms with Crippen molar-refractivity contribution in [1.29, 1.82) is 0 Å². The van der Waals surface area contributed by atoms with Crippen LogP contribution in [0.25, 0.3) is 11.2 Å². The van der Waals surface area contributed by atoms with E-state index in [0.29, 0.717) is 13.2 Å². The van der Waals surface area contributed by atoms with Crippen molar-refractivity contribution >= 4 is 11.2 Å². The number of fused-ring (bicyclic) bond motifs is 1. The van der Waals surface area contributed by atoms with Gasteiger partial charge in [-0.05, 0) is 19.3 Å². The lowest BCUT2D eigenvalue weighted by Crippen LogP contribution is -2.36. The van der Waals surface area contributed by atoms with E-state index in [1.807, 2.05) is 0 Å². The largest absolute Gasteiger partial charge is 0.377 e. The maximum atomic E-state index is 12.1. The number of hydrogen-bond donors (Lipinski definition) is 2. The molecule has 1 atom stereocenters. The normalized spacial score (nSPS) is 18.5. The first-order valence-corrected chi connectivity index (χ1v) is 7.73. The van der Waals surface area contributed by atoms with Crippen LogP contribution in [0.2, 0.25) is 0 Å². The molecule has 2 aromatic rings. The number of H-pyrrole nitrogens is 2. The van der Waals surface area contributed by atoms with E-state index in [9.17, 15) is 9.59 Å². The Morgan fingerprint density at radius 3 is 3.04 bits per heavy atom. The highest BCUT2D eigenvalue weighted by molar-refractivity contribution is 5.67. The van der Waals surface area contributed by atoms with Gasteiger partial charge in [0.1, 0.15) is 5.52 Å². The van der Waals surface area contributed by atoms with Gasteiger partial charge in [-0.25, -0.2) is 9.78 Å². The Morgan fingerprint density at radius 2 is 2.22 bits per heavy atom. The summed E-state index contributed by atoms with van der Waals surface area (Å²) in [6.45, 7) is 1.97. The summed E-state index contributed by atoms with van der Waals surface area (Å²) in [6, 6.07) is 0. The van der Waals surface area contributed by atoms with Crippen molar-refractivity contribution in [2.45, 2.75) is 32.1 Å². The Kier molecular flexibility index (Phi) is 5.21. The lowest BCUT2D eigenvalue weighted by molar-refractivity contribution is -0.169. The standard InChI is InChI=1S/C14H20N4O5/c19-13-11-12(16-9-15-11)17-14(20)18(13)4-6-21-7-8-23-10-3-1-2-5-22-10/h9-10H,1-8H2,(H,15,16)(H,17,20). The second kappa shape index (κ2) is 7.53. The molecule has 9 heteroatoms. The summed E-state index contributed by atoms with van der Waals surface area (Å²) < 4.78 is 17.5. The molecule has 0 radical (unpaired) electrons. The van der Waals surface area contributed by atoms with Crippen LogP contribution in [0.15, 0.2) is 15.9 Å². The molecule has 0 amide bonds. The molecular formula is C14H20N4O5. The molecule has 1 fully saturated rings. The molecule has 1 aliphatic rings. The molecule has 0 spiro atoms. The molecule has 0 aromatic carbocycles. The van der Waals surface area contributed by atoms with E-state index >= 15 is 0 Å². The van der Waals surface area contributed by atoms with Crippen LogP contribution in [0.4, 0.5) is 0 Å². The first-order valence-electron chi connectivity index (χ1n) is 7.73. The van der Waals surface area contributed by atoms with Crippen molar-refractivity contribution in [3.63, 3.8) is 0 Å². The third kappa shape index (κ3) is 3.87. The average Bonchev–Trinajstić information content (AvgIpc) is 3.02. The number of aromatic nitrogens is 4. The maximum Gasteiger partial charge on any atom is 0.330 e. The van der Waals surface area contributed by atoms with Crippen LogP contribution in [0.5, 0.6) is 0 Å². The summed E-state index contributed by atoms with van der Waals surface area (Å²) in [5.74, 6) is 0. The first-order chi connectivity index (χ1) is 11.3. The maximum absolute atomic E-state index is 12.1. The average molecular weight is 324 g/mol. The quantitative estimate of drug-likeness (QED) is 0.692. The Hall–Kier alpha value is -1.97. The zero-order valence-corrected chi connectivity index (χ0v) is 12.7. The van der Waals surface area contributed by atoms with Crippen molar-refractivity contribution < 1.29 is 14.2 Å². The van der Waals surface area contributed by atoms with Crippen LogP contribution in [-0.2, 0) is 20.8 Å². The summed E-state index contributed by atoms with van der Waals surface area (Å²) in [7, 11) is 0. The van der Waals surface area contributed by atoms with Crippen LogP contribution in [0.1, 0.15) is 19.3 Å². The highest BCUT2D eigenvalue weighted by atomic mass is 16.7. The van der Waals surface area contributed by atoms with E-state index in [2.05, 4.69) is 15.0 Å². The van der Waals surface area contributed by atoms with Crippen molar-refractivity contribution in [2.24, 2.45) is 0 Å². The van der Waals surface area contributed by atoms with Crippen molar-refractivity contribution in [3.8, 4) is 0 Å². The predicted octanol–water partition coefficient (Wildman–Crippen LogP) is -0.0273. The SMILES string of the molecule is O=c1[nH]c2nc[nH]c2c(=O)n1CCOCCOC1CCCCO1. The number of ether oxygens (including phenoxy) is 3. The third-order valence-corrected chi connectivity index (χ3v) is 3.70. The molecule has 3 rings (SSSR count).